The highest BCUT2D eigenvalue weighted by molar-refractivity contribution is 7.80. The van der Waals surface area contributed by atoms with Crippen molar-refractivity contribution in [3.63, 3.8) is 0 Å². The van der Waals surface area contributed by atoms with E-state index in [0.29, 0.717) is 5.56 Å². The lowest BCUT2D eigenvalue weighted by Gasteiger charge is -2.36. The van der Waals surface area contributed by atoms with E-state index >= 15 is 0 Å². The first-order chi connectivity index (χ1) is 18.5. The van der Waals surface area contributed by atoms with Gasteiger partial charge in [-0.25, -0.2) is 0 Å². The fraction of sp³-hybridized carbons (Fsp3) is 0.161. The zero-order chi connectivity index (χ0) is 26.3. The van der Waals surface area contributed by atoms with Gasteiger partial charge >= 0.3 is 0 Å². The summed E-state index contributed by atoms with van der Waals surface area (Å²) in [5.41, 5.74) is 5.89. The Hall–Kier alpha value is -3.71. The lowest BCUT2D eigenvalue weighted by molar-refractivity contribution is 0.0977. The van der Waals surface area contributed by atoms with E-state index in [1.54, 1.807) is 0 Å². The quantitative estimate of drug-likeness (QED) is 0.275. The van der Waals surface area contributed by atoms with Gasteiger partial charge in [-0.3, -0.25) is 15.0 Å². The summed E-state index contributed by atoms with van der Waals surface area (Å²) in [7, 11) is 0. The molecule has 5 rings (SSSR count). The molecule has 2 N–H and O–H groups in total. The summed E-state index contributed by atoms with van der Waals surface area (Å²) in [6, 6.07) is 33.7. The van der Waals surface area contributed by atoms with Crippen molar-refractivity contribution in [1.29, 1.82) is 0 Å². The first-order valence-corrected chi connectivity index (χ1v) is 13.4. The van der Waals surface area contributed by atoms with E-state index in [0.717, 1.165) is 54.6 Å². The summed E-state index contributed by atoms with van der Waals surface area (Å²) in [5.74, 6) is -0.242. The van der Waals surface area contributed by atoms with Crippen LogP contribution in [0.4, 0.5) is 11.4 Å². The monoisotopic (exact) mass is 540 g/mol. The maximum absolute atomic E-state index is 12.7. The van der Waals surface area contributed by atoms with Gasteiger partial charge in [0, 0.05) is 54.7 Å². The third kappa shape index (κ3) is 6.58. The van der Waals surface area contributed by atoms with Crippen LogP contribution in [-0.4, -0.2) is 42.1 Å². The smallest absolute Gasteiger partial charge is 0.257 e. The molecule has 1 amide bonds. The second-order valence-corrected chi connectivity index (χ2v) is 10.1. The average Bonchev–Trinajstić information content (AvgIpc) is 2.96. The molecule has 0 saturated carbocycles. The third-order valence-electron chi connectivity index (χ3n) is 6.70. The molecule has 0 atom stereocenters. The normalized spacial score (nSPS) is 13.7. The molecule has 0 aromatic heterocycles. The second-order valence-electron chi connectivity index (χ2n) is 9.25. The number of benzene rings is 4. The van der Waals surface area contributed by atoms with Crippen LogP contribution in [0, 0.1) is 0 Å². The molecular formula is C31H29ClN4OS. The Balaban J connectivity index is 1.10. The largest absolute Gasteiger partial charge is 0.369 e. The van der Waals surface area contributed by atoms with E-state index in [4.69, 9.17) is 23.8 Å². The third-order valence-corrected chi connectivity index (χ3v) is 7.27. The van der Waals surface area contributed by atoms with Gasteiger partial charge in [-0.15, -0.1) is 0 Å². The number of halogens is 1. The lowest BCUT2D eigenvalue weighted by atomic mass is 10.0. The molecule has 192 valence electrons. The summed E-state index contributed by atoms with van der Waals surface area (Å²) in [6.45, 7) is 4.74. The SMILES string of the molecule is O=C(NC(=S)Nc1ccc(N2CCN(Cc3ccccc3Cl)CC2)cc1)c1ccc(-c2ccccc2)cc1. The molecule has 7 heteroatoms. The topological polar surface area (TPSA) is 47.6 Å². The maximum atomic E-state index is 12.7. The lowest BCUT2D eigenvalue weighted by Crippen LogP contribution is -2.46. The fourth-order valence-corrected chi connectivity index (χ4v) is 4.98. The van der Waals surface area contributed by atoms with Crippen molar-refractivity contribution in [2.45, 2.75) is 6.54 Å². The van der Waals surface area contributed by atoms with E-state index in [1.807, 2.05) is 84.9 Å². The van der Waals surface area contributed by atoms with E-state index in [-0.39, 0.29) is 11.0 Å². The van der Waals surface area contributed by atoms with Crippen molar-refractivity contribution in [2.75, 3.05) is 36.4 Å². The van der Waals surface area contributed by atoms with Crippen LogP contribution in [-0.2, 0) is 6.54 Å². The van der Waals surface area contributed by atoms with Crippen LogP contribution in [0.2, 0.25) is 5.02 Å². The molecule has 4 aromatic rings. The van der Waals surface area contributed by atoms with Crippen LogP contribution in [0.5, 0.6) is 0 Å². The number of hydrogen-bond acceptors (Lipinski definition) is 4. The van der Waals surface area contributed by atoms with Gasteiger partial charge in [0.05, 0.1) is 0 Å². The Bertz CT molecular complexity index is 1390. The van der Waals surface area contributed by atoms with Crippen molar-refractivity contribution >= 4 is 46.2 Å². The van der Waals surface area contributed by atoms with E-state index in [1.165, 1.54) is 11.3 Å². The van der Waals surface area contributed by atoms with Gasteiger partial charge < -0.3 is 10.2 Å². The van der Waals surface area contributed by atoms with Gasteiger partial charge in [0.15, 0.2) is 5.11 Å². The van der Waals surface area contributed by atoms with Crippen molar-refractivity contribution in [3.05, 3.63) is 119 Å². The van der Waals surface area contributed by atoms with Gasteiger partial charge in [0.2, 0.25) is 0 Å². The molecule has 0 spiro atoms. The second kappa shape index (κ2) is 12.2. The Kier molecular flexibility index (Phi) is 8.34. The van der Waals surface area contributed by atoms with Gasteiger partial charge in [-0.1, -0.05) is 72.3 Å². The highest BCUT2D eigenvalue weighted by Gasteiger charge is 2.18. The molecule has 1 fully saturated rings. The van der Waals surface area contributed by atoms with Crippen LogP contribution < -0.4 is 15.5 Å². The number of nitrogens with one attached hydrogen (secondary N) is 2. The van der Waals surface area contributed by atoms with Crippen LogP contribution in [0.25, 0.3) is 11.1 Å². The molecule has 0 unspecified atom stereocenters. The van der Waals surface area contributed by atoms with Crippen molar-refractivity contribution in [2.24, 2.45) is 0 Å². The molecule has 0 aliphatic carbocycles. The highest BCUT2D eigenvalue weighted by atomic mass is 35.5. The van der Waals surface area contributed by atoms with Crippen molar-refractivity contribution in [1.82, 2.24) is 10.2 Å². The number of piperazine rings is 1. The number of nitrogens with zero attached hydrogens (tertiary/aromatic N) is 2. The standard InChI is InChI=1S/C31H29ClN4OS/c32-29-9-5-4-8-26(29)22-35-18-20-36(21-19-35)28-16-14-27(15-17-28)33-31(38)34-30(37)25-12-10-24(11-13-25)23-6-2-1-3-7-23/h1-17H,18-22H2,(H2,33,34,37,38). The molecular weight excluding hydrogens is 512 g/mol. The number of carbonyl (C=O) groups excluding carboxylic acids is 1. The minimum absolute atomic E-state index is 0.242. The summed E-state index contributed by atoms with van der Waals surface area (Å²) >= 11 is 11.7. The van der Waals surface area contributed by atoms with E-state index < -0.39 is 0 Å². The molecule has 5 nitrogen and oxygen atoms in total. The van der Waals surface area contributed by atoms with E-state index in [2.05, 4.69) is 38.6 Å². The summed E-state index contributed by atoms with van der Waals surface area (Å²) in [5, 5.41) is 6.97. The number of anilines is 2. The number of thiocarbonyl (C=S) groups is 1. The van der Waals surface area contributed by atoms with Crippen LogP contribution in [0.3, 0.4) is 0 Å². The van der Waals surface area contributed by atoms with Gasteiger partial charge in [0.1, 0.15) is 0 Å². The zero-order valence-electron chi connectivity index (χ0n) is 20.9. The average molecular weight is 541 g/mol. The van der Waals surface area contributed by atoms with Gasteiger partial charge in [0.25, 0.3) is 5.91 Å². The fourth-order valence-electron chi connectivity index (χ4n) is 4.57. The minimum Gasteiger partial charge on any atom is -0.369 e. The molecule has 4 aromatic carbocycles. The molecule has 0 bridgehead atoms. The van der Waals surface area contributed by atoms with Gasteiger partial charge in [-0.2, -0.15) is 0 Å². The number of carbonyl (C=O) groups is 1. The minimum atomic E-state index is -0.242. The Labute approximate surface area is 234 Å². The molecule has 1 aliphatic heterocycles. The highest BCUT2D eigenvalue weighted by Crippen LogP contribution is 2.22. The molecule has 0 radical (unpaired) electrons. The number of hydrogen-bond donors (Lipinski definition) is 2. The Morgan fingerprint density at radius 2 is 1.39 bits per heavy atom. The van der Waals surface area contributed by atoms with Crippen molar-refractivity contribution < 1.29 is 4.79 Å². The number of amides is 1. The van der Waals surface area contributed by atoms with Crippen LogP contribution >= 0.6 is 23.8 Å². The van der Waals surface area contributed by atoms with Crippen molar-refractivity contribution in [3.8, 4) is 11.1 Å². The molecule has 1 heterocycles. The zero-order valence-corrected chi connectivity index (χ0v) is 22.5. The van der Waals surface area contributed by atoms with Crippen LogP contribution in [0.1, 0.15) is 15.9 Å². The van der Waals surface area contributed by atoms with Gasteiger partial charge in [-0.05, 0) is 71.4 Å². The van der Waals surface area contributed by atoms with E-state index in [9.17, 15) is 4.79 Å². The molecule has 1 aliphatic rings. The molecule has 1 saturated heterocycles. The Morgan fingerprint density at radius 3 is 2.08 bits per heavy atom. The summed E-state index contributed by atoms with van der Waals surface area (Å²) in [6.07, 6.45) is 0. The summed E-state index contributed by atoms with van der Waals surface area (Å²) < 4.78 is 0. The number of rotatable bonds is 6. The summed E-state index contributed by atoms with van der Waals surface area (Å²) in [4.78, 5) is 17.5. The first-order valence-electron chi connectivity index (χ1n) is 12.6. The predicted molar refractivity (Wildman–Crippen MR) is 161 cm³/mol. The predicted octanol–water partition coefficient (Wildman–Crippen LogP) is 6.46. The first kappa shape index (κ1) is 25.9. The maximum Gasteiger partial charge on any atom is 0.257 e. The van der Waals surface area contributed by atoms with Crippen LogP contribution in [0.15, 0.2) is 103 Å². The Morgan fingerprint density at radius 1 is 0.763 bits per heavy atom. The molecule has 38 heavy (non-hydrogen) atoms.